The molecule has 0 atom stereocenters. The van der Waals surface area contributed by atoms with Gasteiger partial charge in [0.1, 0.15) is 5.15 Å². The van der Waals surface area contributed by atoms with Gasteiger partial charge in [0.15, 0.2) is 5.82 Å². The lowest BCUT2D eigenvalue weighted by atomic mass is 10.2. The number of hydrogen-bond acceptors (Lipinski definition) is 3. The molecule has 2 heterocycles. The standard InChI is InChI=1S/C11H6ClF2N3O/c12-8-5-6(1-3-15-8)17-11(18)7-2-4-16-10(14)9(7)13/h1-5H,(H,15,17,18). The van der Waals surface area contributed by atoms with Crippen LogP contribution in [0.5, 0.6) is 0 Å². The summed E-state index contributed by atoms with van der Waals surface area (Å²) in [5, 5.41) is 2.54. The Labute approximate surface area is 106 Å². The first kappa shape index (κ1) is 12.4. The summed E-state index contributed by atoms with van der Waals surface area (Å²) in [7, 11) is 0. The highest BCUT2D eigenvalue weighted by molar-refractivity contribution is 6.29. The third-order valence-corrected chi connectivity index (χ3v) is 2.28. The molecule has 1 amide bonds. The second-order valence-corrected chi connectivity index (χ2v) is 3.67. The largest absolute Gasteiger partial charge is 0.322 e. The van der Waals surface area contributed by atoms with Gasteiger partial charge in [-0.25, -0.2) is 14.4 Å². The predicted octanol–water partition coefficient (Wildman–Crippen LogP) is 2.66. The molecule has 1 N–H and O–H groups in total. The van der Waals surface area contributed by atoms with Gasteiger partial charge >= 0.3 is 0 Å². The molecule has 0 saturated heterocycles. The zero-order valence-electron chi connectivity index (χ0n) is 8.82. The second kappa shape index (κ2) is 5.05. The van der Waals surface area contributed by atoms with Crippen LogP contribution in [-0.4, -0.2) is 15.9 Å². The average molecular weight is 270 g/mol. The van der Waals surface area contributed by atoms with Crippen molar-refractivity contribution in [2.75, 3.05) is 5.32 Å². The molecule has 0 fully saturated rings. The van der Waals surface area contributed by atoms with Crippen LogP contribution in [0.3, 0.4) is 0 Å². The molecular formula is C11H6ClF2N3O. The van der Waals surface area contributed by atoms with Crippen molar-refractivity contribution in [2.24, 2.45) is 0 Å². The highest BCUT2D eigenvalue weighted by Gasteiger charge is 2.16. The van der Waals surface area contributed by atoms with Crippen molar-refractivity contribution in [1.82, 2.24) is 9.97 Å². The molecule has 0 unspecified atom stereocenters. The van der Waals surface area contributed by atoms with Crippen LogP contribution >= 0.6 is 11.6 Å². The van der Waals surface area contributed by atoms with Crippen molar-refractivity contribution in [3.8, 4) is 0 Å². The van der Waals surface area contributed by atoms with Crippen molar-refractivity contribution >= 4 is 23.2 Å². The van der Waals surface area contributed by atoms with Crippen LogP contribution < -0.4 is 5.32 Å². The Morgan fingerprint density at radius 1 is 1.22 bits per heavy atom. The summed E-state index contributed by atoms with van der Waals surface area (Å²) in [5.41, 5.74) is -0.105. The molecule has 2 rings (SSSR count). The molecule has 92 valence electrons. The molecule has 0 saturated carbocycles. The molecule has 18 heavy (non-hydrogen) atoms. The van der Waals surface area contributed by atoms with Gasteiger partial charge in [-0.15, -0.1) is 0 Å². The molecule has 0 bridgehead atoms. The van der Waals surface area contributed by atoms with E-state index in [0.717, 1.165) is 12.3 Å². The number of nitrogens with zero attached hydrogens (tertiary/aromatic N) is 2. The van der Waals surface area contributed by atoms with E-state index in [1.54, 1.807) is 0 Å². The first-order valence-electron chi connectivity index (χ1n) is 4.81. The summed E-state index contributed by atoms with van der Waals surface area (Å²) in [5.74, 6) is -3.42. The van der Waals surface area contributed by atoms with E-state index in [-0.39, 0.29) is 5.15 Å². The van der Waals surface area contributed by atoms with Crippen LogP contribution in [0.1, 0.15) is 10.4 Å². The van der Waals surface area contributed by atoms with Gasteiger partial charge in [-0.3, -0.25) is 4.79 Å². The molecule has 4 nitrogen and oxygen atoms in total. The topological polar surface area (TPSA) is 54.9 Å². The number of rotatable bonds is 2. The molecule has 0 spiro atoms. The Hall–Kier alpha value is -2.08. The lowest BCUT2D eigenvalue weighted by molar-refractivity contribution is 0.102. The number of nitrogens with one attached hydrogen (secondary N) is 1. The summed E-state index contributed by atoms with van der Waals surface area (Å²) < 4.78 is 26.1. The zero-order chi connectivity index (χ0) is 13.1. The van der Waals surface area contributed by atoms with E-state index in [4.69, 9.17) is 11.6 Å². The van der Waals surface area contributed by atoms with E-state index in [1.807, 2.05) is 0 Å². The third-order valence-electron chi connectivity index (χ3n) is 2.08. The van der Waals surface area contributed by atoms with Crippen molar-refractivity contribution in [2.45, 2.75) is 0 Å². The summed E-state index contributed by atoms with van der Waals surface area (Å²) in [6.07, 6.45) is 2.38. The molecule has 0 aliphatic carbocycles. The third kappa shape index (κ3) is 2.60. The Morgan fingerprint density at radius 3 is 2.67 bits per heavy atom. The van der Waals surface area contributed by atoms with Crippen LogP contribution in [0, 0.1) is 11.8 Å². The number of aromatic nitrogens is 2. The summed E-state index contributed by atoms with van der Waals surface area (Å²) in [6, 6.07) is 3.94. The van der Waals surface area contributed by atoms with Crippen LogP contribution in [0.15, 0.2) is 30.6 Å². The number of hydrogen-bond donors (Lipinski definition) is 1. The van der Waals surface area contributed by atoms with Gasteiger partial charge in [0.05, 0.1) is 5.56 Å². The van der Waals surface area contributed by atoms with Gasteiger partial charge in [-0.1, -0.05) is 11.6 Å². The second-order valence-electron chi connectivity index (χ2n) is 3.28. The number of halogens is 3. The number of amides is 1. The minimum Gasteiger partial charge on any atom is -0.322 e. The lowest BCUT2D eigenvalue weighted by Gasteiger charge is -2.06. The van der Waals surface area contributed by atoms with Crippen LogP contribution in [0.25, 0.3) is 0 Å². The van der Waals surface area contributed by atoms with Gasteiger partial charge in [-0.2, -0.15) is 4.39 Å². The van der Waals surface area contributed by atoms with Crippen molar-refractivity contribution in [3.05, 3.63) is 53.1 Å². The maximum Gasteiger partial charge on any atom is 0.258 e. The van der Waals surface area contributed by atoms with Crippen LogP contribution in [0.2, 0.25) is 5.15 Å². The molecule has 0 aliphatic heterocycles. The van der Waals surface area contributed by atoms with Gasteiger partial charge < -0.3 is 5.32 Å². The van der Waals surface area contributed by atoms with Gasteiger partial charge in [-0.05, 0) is 18.2 Å². The summed E-state index contributed by atoms with van der Waals surface area (Å²) in [6.45, 7) is 0. The molecule has 7 heteroatoms. The van der Waals surface area contributed by atoms with Crippen molar-refractivity contribution in [1.29, 1.82) is 0 Å². The van der Waals surface area contributed by atoms with Crippen molar-refractivity contribution in [3.63, 3.8) is 0 Å². The zero-order valence-corrected chi connectivity index (χ0v) is 9.58. The predicted molar refractivity (Wildman–Crippen MR) is 61.4 cm³/mol. The van der Waals surface area contributed by atoms with Gasteiger partial charge in [0.25, 0.3) is 5.91 Å². The number of anilines is 1. The van der Waals surface area contributed by atoms with Crippen LogP contribution in [0.4, 0.5) is 14.5 Å². The Kier molecular flexibility index (Phi) is 3.47. The Morgan fingerprint density at radius 2 is 1.94 bits per heavy atom. The SMILES string of the molecule is O=C(Nc1ccnc(Cl)c1)c1ccnc(F)c1F. The number of carbonyl (C=O) groups excluding carboxylic acids is 1. The first-order chi connectivity index (χ1) is 8.58. The number of pyridine rings is 2. The monoisotopic (exact) mass is 269 g/mol. The fourth-order valence-electron chi connectivity index (χ4n) is 1.27. The van der Waals surface area contributed by atoms with E-state index in [9.17, 15) is 13.6 Å². The van der Waals surface area contributed by atoms with E-state index in [0.29, 0.717) is 5.69 Å². The maximum absolute atomic E-state index is 13.3. The van der Waals surface area contributed by atoms with E-state index >= 15 is 0 Å². The van der Waals surface area contributed by atoms with Crippen molar-refractivity contribution < 1.29 is 13.6 Å². The molecule has 2 aromatic rings. The summed E-state index contributed by atoms with van der Waals surface area (Å²) in [4.78, 5) is 18.5. The molecule has 2 aromatic heterocycles. The van der Waals surface area contributed by atoms with E-state index < -0.39 is 23.2 Å². The van der Waals surface area contributed by atoms with Crippen LogP contribution in [-0.2, 0) is 0 Å². The Bertz CT molecular complexity index is 607. The Balaban J connectivity index is 2.25. The average Bonchev–Trinajstić information content (AvgIpc) is 2.32. The normalized spacial score (nSPS) is 10.2. The maximum atomic E-state index is 13.3. The van der Waals surface area contributed by atoms with E-state index in [1.165, 1.54) is 18.3 Å². The quantitative estimate of drug-likeness (QED) is 0.853. The fraction of sp³-hybridized carbons (Fsp3) is 0. The minimum absolute atomic E-state index is 0.175. The summed E-state index contributed by atoms with van der Waals surface area (Å²) >= 11 is 5.62. The minimum atomic E-state index is -1.32. The van der Waals surface area contributed by atoms with Gasteiger partial charge in [0, 0.05) is 18.1 Å². The highest BCUT2D eigenvalue weighted by atomic mass is 35.5. The smallest absolute Gasteiger partial charge is 0.258 e. The van der Waals surface area contributed by atoms with E-state index in [2.05, 4.69) is 15.3 Å². The molecule has 0 aliphatic rings. The molecule has 0 aromatic carbocycles. The first-order valence-corrected chi connectivity index (χ1v) is 5.18. The van der Waals surface area contributed by atoms with Gasteiger partial charge in [0.2, 0.25) is 5.95 Å². The lowest BCUT2D eigenvalue weighted by Crippen LogP contribution is -2.15. The molecule has 0 radical (unpaired) electrons. The fourth-order valence-corrected chi connectivity index (χ4v) is 1.45. The number of carbonyl (C=O) groups is 1. The molecular weight excluding hydrogens is 264 g/mol. The highest BCUT2D eigenvalue weighted by Crippen LogP contribution is 2.15.